The zero-order valence-corrected chi connectivity index (χ0v) is 14.0. The van der Waals surface area contributed by atoms with E-state index in [0.717, 1.165) is 5.92 Å². The van der Waals surface area contributed by atoms with Crippen molar-refractivity contribution in [2.24, 2.45) is 5.92 Å². The highest BCUT2D eigenvalue weighted by Crippen LogP contribution is 2.35. The van der Waals surface area contributed by atoms with E-state index < -0.39 is 0 Å². The van der Waals surface area contributed by atoms with Crippen LogP contribution in [-0.2, 0) is 0 Å². The molecule has 0 unspecified atom stereocenters. The van der Waals surface area contributed by atoms with Gasteiger partial charge in [-0.05, 0) is 64.1 Å². The predicted octanol–water partition coefficient (Wildman–Crippen LogP) is 4.35. The second-order valence-electron chi connectivity index (χ2n) is 7.97. The zero-order chi connectivity index (χ0) is 14.4. The van der Waals surface area contributed by atoms with Crippen LogP contribution in [0.25, 0.3) is 0 Å². The summed E-state index contributed by atoms with van der Waals surface area (Å²) >= 11 is 0. The molecule has 0 amide bonds. The summed E-state index contributed by atoms with van der Waals surface area (Å²) in [4.78, 5) is 2.88. The second-order valence-corrected chi connectivity index (χ2v) is 7.97. The van der Waals surface area contributed by atoms with Gasteiger partial charge in [-0.1, -0.05) is 44.9 Å². The van der Waals surface area contributed by atoms with Crippen molar-refractivity contribution in [3.8, 4) is 0 Å². The smallest absolute Gasteiger partial charge is 0.0333 e. The van der Waals surface area contributed by atoms with E-state index in [0.29, 0.717) is 5.54 Å². The maximum atomic E-state index is 3.92. The minimum atomic E-state index is 0.521. The Morgan fingerprint density at radius 3 is 2.10 bits per heavy atom. The van der Waals surface area contributed by atoms with Crippen LogP contribution in [0.1, 0.15) is 83.5 Å². The summed E-state index contributed by atoms with van der Waals surface area (Å²) in [5.74, 6) is 0.973. The van der Waals surface area contributed by atoms with Crippen LogP contribution < -0.4 is 5.32 Å². The van der Waals surface area contributed by atoms with Gasteiger partial charge >= 0.3 is 0 Å². The van der Waals surface area contributed by atoms with Crippen LogP contribution in [0.4, 0.5) is 0 Å². The standard InChI is InChI=1S/C19H36N2/c1-4-10-18(11-5-1)16-20-17-19(12-6-2-7-13-19)21-14-8-3-9-15-21/h18,20H,1-17H2. The van der Waals surface area contributed by atoms with Crippen molar-refractivity contribution in [3.63, 3.8) is 0 Å². The van der Waals surface area contributed by atoms with Crippen molar-refractivity contribution >= 4 is 0 Å². The average Bonchev–Trinajstić information content (AvgIpc) is 2.58. The monoisotopic (exact) mass is 292 g/mol. The van der Waals surface area contributed by atoms with Gasteiger partial charge in [0.2, 0.25) is 0 Å². The average molecular weight is 293 g/mol. The molecule has 3 fully saturated rings. The minimum Gasteiger partial charge on any atom is -0.315 e. The lowest BCUT2D eigenvalue weighted by Crippen LogP contribution is -2.57. The number of hydrogen-bond acceptors (Lipinski definition) is 2. The summed E-state index contributed by atoms with van der Waals surface area (Å²) in [6.45, 7) is 5.29. The summed E-state index contributed by atoms with van der Waals surface area (Å²) in [6.07, 6.45) is 19.0. The molecule has 3 rings (SSSR count). The van der Waals surface area contributed by atoms with Gasteiger partial charge in [0, 0.05) is 12.1 Å². The number of hydrogen-bond donors (Lipinski definition) is 1. The molecule has 0 aromatic carbocycles. The first kappa shape index (κ1) is 15.8. The highest BCUT2D eigenvalue weighted by molar-refractivity contribution is 4.96. The number of nitrogens with one attached hydrogen (secondary N) is 1. The van der Waals surface area contributed by atoms with Crippen LogP contribution in [0.5, 0.6) is 0 Å². The molecular weight excluding hydrogens is 256 g/mol. The first-order valence-corrected chi connectivity index (χ1v) is 9.85. The van der Waals surface area contributed by atoms with Crippen molar-refractivity contribution in [3.05, 3.63) is 0 Å². The molecule has 0 spiro atoms. The Morgan fingerprint density at radius 2 is 1.38 bits per heavy atom. The predicted molar refractivity (Wildman–Crippen MR) is 90.7 cm³/mol. The van der Waals surface area contributed by atoms with Crippen LogP contribution in [-0.4, -0.2) is 36.6 Å². The van der Waals surface area contributed by atoms with Gasteiger partial charge in [-0.15, -0.1) is 0 Å². The van der Waals surface area contributed by atoms with E-state index in [9.17, 15) is 0 Å². The molecule has 2 saturated carbocycles. The molecule has 0 bridgehead atoms. The first-order chi connectivity index (χ1) is 10.4. The third kappa shape index (κ3) is 4.22. The van der Waals surface area contributed by atoms with Gasteiger partial charge in [0.25, 0.3) is 0 Å². The highest BCUT2D eigenvalue weighted by atomic mass is 15.2. The molecule has 122 valence electrons. The third-order valence-electron chi connectivity index (χ3n) is 6.42. The van der Waals surface area contributed by atoms with E-state index in [1.807, 2.05) is 0 Å². The van der Waals surface area contributed by atoms with Crippen LogP contribution >= 0.6 is 0 Å². The van der Waals surface area contributed by atoms with Gasteiger partial charge < -0.3 is 5.32 Å². The zero-order valence-electron chi connectivity index (χ0n) is 14.0. The Morgan fingerprint density at radius 1 is 0.762 bits per heavy atom. The van der Waals surface area contributed by atoms with Gasteiger partial charge in [-0.3, -0.25) is 4.90 Å². The normalized spacial score (nSPS) is 28.6. The van der Waals surface area contributed by atoms with Crippen LogP contribution in [0, 0.1) is 5.92 Å². The Balaban J connectivity index is 1.51. The Hall–Kier alpha value is -0.0800. The summed E-state index contributed by atoms with van der Waals surface area (Å²) in [5, 5.41) is 3.92. The largest absolute Gasteiger partial charge is 0.315 e. The molecule has 1 aliphatic heterocycles. The minimum absolute atomic E-state index is 0.521. The molecule has 1 heterocycles. The van der Waals surface area contributed by atoms with Gasteiger partial charge in [0.1, 0.15) is 0 Å². The lowest BCUT2D eigenvalue weighted by atomic mass is 9.79. The molecule has 0 aromatic rings. The summed E-state index contributed by atoms with van der Waals surface area (Å²) < 4.78 is 0. The highest BCUT2D eigenvalue weighted by Gasteiger charge is 2.37. The molecule has 0 aromatic heterocycles. The number of nitrogens with zero attached hydrogens (tertiary/aromatic N) is 1. The second kappa shape index (κ2) is 7.97. The molecule has 2 heteroatoms. The van der Waals surface area contributed by atoms with Crippen molar-refractivity contribution < 1.29 is 0 Å². The van der Waals surface area contributed by atoms with E-state index in [-0.39, 0.29) is 0 Å². The Labute approximate surface area is 132 Å². The lowest BCUT2D eigenvalue weighted by molar-refractivity contribution is 0.0326. The molecule has 1 N–H and O–H groups in total. The summed E-state index contributed by atoms with van der Waals surface area (Å²) in [6, 6.07) is 0. The van der Waals surface area contributed by atoms with Gasteiger partial charge in [-0.25, -0.2) is 0 Å². The molecule has 1 saturated heterocycles. The SMILES string of the molecule is C1CCC(CNCC2(N3CCCCC3)CCCCC2)CC1. The fraction of sp³-hybridized carbons (Fsp3) is 1.00. The van der Waals surface area contributed by atoms with E-state index in [1.54, 1.807) is 0 Å². The Kier molecular flexibility index (Phi) is 5.99. The molecule has 21 heavy (non-hydrogen) atoms. The summed E-state index contributed by atoms with van der Waals surface area (Å²) in [5.41, 5.74) is 0.521. The molecular formula is C19H36N2. The van der Waals surface area contributed by atoms with Crippen LogP contribution in [0.2, 0.25) is 0 Å². The molecule has 0 atom stereocenters. The van der Waals surface area contributed by atoms with Crippen LogP contribution in [0.15, 0.2) is 0 Å². The van der Waals surface area contributed by atoms with Gasteiger partial charge in [0.15, 0.2) is 0 Å². The third-order valence-corrected chi connectivity index (χ3v) is 6.42. The fourth-order valence-corrected chi connectivity index (χ4v) is 5.08. The van der Waals surface area contributed by atoms with Crippen molar-refractivity contribution in [1.29, 1.82) is 0 Å². The van der Waals surface area contributed by atoms with Crippen molar-refractivity contribution in [2.75, 3.05) is 26.2 Å². The van der Waals surface area contributed by atoms with E-state index in [4.69, 9.17) is 0 Å². The van der Waals surface area contributed by atoms with Crippen LogP contribution in [0.3, 0.4) is 0 Å². The van der Waals surface area contributed by atoms with Crippen molar-refractivity contribution in [2.45, 2.75) is 89.0 Å². The van der Waals surface area contributed by atoms with Gasteiger partial charge in [-0.2, -0.15) is 0 Å². The van der Waals surface area contributed by atoms with E-state index in [1.165, 1.54) is 110 Å². The molecule has 0 radical (unpaired) electrons. The number of rotatable bonds is 5. The van der Waals surface area contributed by atoms with Gasteiger partial charge in [0.05, 0.1) is 0 Å². The Bertz CT molecular complexity index is 284. The van der Waals surface area contributed by atoms with E-state index >= 15 is 0 Å². The number of piperidine rings is 1. The lowest BCUT2D eigenvalue weighted by Gasteiger charge is -2.48. The first-order valence-electron chi connectivity index (χ1n) is 9.85. The maximum Gasteiger partial charge on any atom is 0.0333 e. The molecule has 3 aliphatic rings. The van der Waals surface area contributed by atoms with Crippen molar-refractivity contribution in [1.82, 2.24) is 10.2 Å². The number of likely N-dealkylation sites (tertiary alicyclic amines) is 1. The topological polar surface area (TPSA) is 15.3 Å². The fourth-order valence-electron chi connectivity index (χ4n) is 5.08. The molecule has 2 aliphatic carbocycles. The quantitative estimate of drug-likeness (QED) is 0.810. The molecule has 2 nitrogen and oxygen atoms in total. The van der Waals surface area contributed by atoms with E-state index in [2.05, 4.69) is 10.2 Å². The summed E-state index contributed by atoms with van der Waals surface area (Å²) in [7, 11) is 0. The maximum absolute atomic E-state index is 3.92.